The number of carbonyl (C=O) groups excluding carboxylic acids is 2. The summed E-state index contributed by atoms with van der Waals surface area (Å²) in [5.74, 6) is 2.30. The lowest BCUT2D eigenvalue weighted by Crippen LogP contribution is -2.43. The molecular formula is C17H22N2O3. The Morgan fingerprint density at radius 2 is 2.18 bits per heavy atom. The van der Waals surface area contributed by atoms with Gasteiger partial charge in [0.2, 0.25) is 11.8 Å². The number of carbonyl (C=O) groups is 2. The maximum absolute atomic E-state index is 12.2. The first kappa shape index (κ1) is 14.9. The van der Waals surface area contributed by atoms with Gasteiger partial charge in [0, 0.05) is 25.1 Å². The number of primary amides is 1. The lowest BCUT2D eigenvalue weighted by molar-refractivity contribution is -0.130. The summed E-state index contributed by atoms with van der Waals surface area (Å²) in [6.45, 7) is 3.30. The van der Waals surface area contributed by atoms with Crippen molar-refractivity contribution in [3.63, 3.8) is 0 Å². The van der Waals surface area contributed by atoms with Gasteiger partial charge in [0.1, 0.15) is 11.5 Å². The zero-order chi connectivity index (χ0) is 15.7. The third-order valence-corrected chi connectivity index (χ3v) is 4.65. The Kier molecular flexibility index (Phi) is 4.05. The lowest BCUT2D eigenvalue weighted by atomic mass is 9.97. The van der Waals surface area contributed by atoms with Crippen LogP contribution in [0.3, 0.4) is 0 Å². The minimum atomic E-state index is -0.323. The molecule has 0 aromatic carbocycles. The molecule has 3 unspecified atom stereocenters. The van der Waals surface area contributed by atoms with Crippen LogP contribution in [0.1, 0.15) is 43.6 Å². The van der Waals surface area contributed by atoms with Crippen molar-refractivity contribution in [2.45, 2.75) is 32.1 Å². The monoisotopic (exact) mass is 302 g/mol. The van der Waals surface area contributed by atoms with Gasteiger partial charge in [-0.3, -0.25) is 9.59 Å². The predicted octanol–water partition coefficient (Wildman–Crippen LogP) is 2.14. The summed E-state index contributed by atoms with van der Waals surface area (Å²) >= 11 is 0. The smallest absolute Gasteiger partial charge is 0.246 e. The number of nitrogens with two attached hydrogens (primary N) is 1. The summed E-state index contributed by atoms with van der Waals surface area (Å²) in [6, 6.07) is 3.88. The van der Waals surface area contributed by atoms with E-state index in [9.17, 15) is 9.59 Å². The first-order chi connectivity index (χ1) is 10.5. The normalized spacial score (nSPS) is 28.0. The summed E-state index contributed by atoms with van der Waals surface area (Å²) in [7, 11) is 0. The van der Waals surface area contributed by atoms with E-state index in [2.05, 4.69) is 6.92 Å². The molecule has 2 N–H and O–H groups in total. The van der Waals surface area contributed by atoms with Crippen molar-refractivity contribution in [1.29, 1.82) is 0 Å². The van der Waals surface area contributed by atoms with Crippen LogP contribution in [0.25, 0.3) is 6.08 Å². The molecule has 1 aromatic heterocycles. The number of hydrogen-bond acceptors (Lipinski definition) is 3. The number of rotatable bonds is 4. The summed E-state index contributed by atoms with van der Waals surface area (Å²) in [5.41, 5.74) is 5.33. The van der Waals surface area contributed by atoms with Gasteiger partial charge >= 0.3 is 0 Å². The number of hydrogen-bond donors (Lipinski definition) is 1. The second-order valence-electron chi connectivity index (χ2n) is 6.42. The molecule has 3 atom stereocenters. The maximum atomic E-state index is 12.2. The van der Waals surface area contributed by atoms with Crippen molar-refractivity contribution in [3.8, 4) is 0 Å². The summed E-state index contributed by atoms with van der Waals surface area (Å²) in [4.78, 5) is 25.1. The van der Waals surface area contributed by atoms with Gasteiger partial charge in [-0.1, -0.05) is 6.92 Å². The van der Waals surface area contributed by atoms with Crippen LogP contribution in [-0.2, 0) is 9.59 Å². The van der Waals surface area contributed by atoms with Gasteiger partial charge in [-0.2, -0.15) is 0 Å². The number of amides is 2. The van der Waals surface area contributed by atoms with E-state index in [1.54, 1.807) is 11.0 Å². The van der Waals surface area contributed by atoms with E-state index in [1.165, 1.54) is 12.5 Å². The van der Waals surface area contributed by atoms with Gasteiger partial charge < -0.3 is 15.1 Å². The Labute approximate surface area is 130 Å². The quantitative estimate of drug-likeness (QED) is 0.866. The predicted molar refractivity (Wildman–Crippen MR) is 82.8 cm³/mol. The molecule has 0 spiro atoms. The number of likely N-dealkylation sites (tertiary alicyclic amines) is 1. The SMILES string of the molecule is CC1CC1c1ccc(/C=C/C(=O)N2CCCC(C(N)=O)C2)o1. The molecule has 5 nitrogen and oxygen atoms in total. The standard InChI is InChI=1S/C17H22N2O3/c1-11-9-14(11)15-6-4-13(22-15)5-7-16(20)19-8-2-3-12(10-19)17(18)21/h4-7,11-12,14H,2-3,8-10H2,1H3,(H2,18,21)/b7-5+. The fraction of sp³-hybridized carbons (Fsp3) is 0.529. The van der Waals surface area contributed by atoms with E-state index in [4.69, 9.17) is 10.2 Å². The average molecular weight is 302 g/mol. The van der Waals surface area contributed by atoms with Crippen molar-refractivity contribution < 1.29 is 14.0 Å². The molecule has 2 fully saturated rings. The minimum Gasteiger partial charge on any atom is -0.461 e. The minimum absolute atomic E-state index is 0.0938. The first-order valence-electron chi connectivity index (χ1n) is 7.90. The molecule has 22 heavy (non-hydrogen) atoms. The van der Waals surface area contributed by atoms with E-state index in [1.807, 2.05) is 12.1 Å². The molecule has 1 aliphatic carbocycles. The number of piperidine rings is 1. The highest BCUT2D eigenvalue weighted by Crippen LogP contribution is 2.47. The summed E-state index contributed by atoms with van der Waals surface area (Å²) < 4.78 is 5.74. The molecule has 1 aromatic rings. The highest BCUT2D eigenvalue weighted by Gasteiger charge is 2.36. The second-order valence-corrected chi connectivity index (χ2v) is 6.42. The van der Waals surface area contributed by atoms with Gasteiger partial charge in [-0.15, -0.1) is 0 Å². The van der Waals surface area contributed by atoms with E-state index in [-0.39, 0.29) is 17.7 Å². The van der Waals surface area contributed by atoms with Crippen molar-refractivity contribution in [1.82, 2.24) is 4.90 Å². The van der Waals surface area contributed by atoms with Crippen molar-refractivity contribution in [2.75, 3.05) is 13.1 Å². The highest BCUT2D eigenvalue weighted by molar-refractivity contribution is 5.92. The van der Waals surface area contributed by atoms with Gasteiger partial charge in [-0.05, 0) is 43.4 Å². The van der Waals surface area contributed by atoms with Crippen LogP contribution in [-0.4, -0.2) is 29.8 Å². The molecule has 1 aliphatic heterocycles. The van der Waals surface area contributed by atoms with Gasteiger partial charge in [0.15, 0.2) is 0 Å². The average Bonchev–Trinajstić information content (AvgIpc) is 3.06. The van der Waals surface area contributed by atoms with E-state index in [0.717, 1.165) is 18.6 Å². The molecule has 5 heteroatoms. The molecule has 2 amide bonds. The second kappa shape index (κ2) is 5.99. The highest BCUT2D eigenvalue weighted by atomic mass is 16.3. The zero-order valence-corrected chi connectivity index (χ0v) is 12.8. The zero-order valence-electron chi connectivity index (χ0n) is 12.8. The third-order valence-electron chi connectivity index (χ3n) is 4.65. The molecule has 118 valence electrons. The Bertz CT molecular complexity index is 605. The maximum Gasteiger partial charge on any atom is 0.246 e. The Morgan fingerprint density at radius 1 is 1.41 bits per heavy atom. The number of furan rings is 1. The first-order valence-corrected chi connectivity index (χ1v) is 7.90. The van der Waals surface area contributed by atoms with Crippen LogP contribution in [0.5, 0.6) is 0 Å². The van der Waals surface area contributed by atoms with Gasteiger partial charge in [-0.25, -0.2) is 0 Å². The van der Waals surface area contributed by atoms with E-state index < -0.39 is 0 Å². The van der Waals surface area contributed by atoms with Crippen LogP contribution in [0.15, 0.2) is 22.6 Å². The van der Waals surface area contributed by atoms with E-state index in [0.29, 0.717) is 30.7 Å². The van der Waals surface area contributed by atoms with E-state index >= 15 is 0 Å². The lowest BCUT2D eigenvalue weighted by Gasteiger charge is -2.30. The summed E-state index contributed by atoms with van der Waals surface area (Å²) in [5, 5.41) is 0. The van der Waals surface area contributed by atoms with Crippen molar-refractivity contribution >= 4 is 17.9 Å². The molecule has 0 bridgehead atoms. The Morgan fingerprint density at radius 3 is 2.86 bits per heavy atom. The van der Waals surface area contributed by atoms with Crippen LogP contribution in [0, 0.1) is 11.8 Å². The van der Waals surface area contributed by atoms with Crippen LogP contribution in [0.2, 0.25) is 0 Å². The molecule has 0 radical (unpaired) electrons. The fourth-order valence-corrected chi connectivity index (χ4v) is 3.04. The topological polar surface area (TPSA) is 76.5 Å². The van der Waals surface area contributed by atoms with Crippen LogP contribution in [0.4, 0.5) is 0 Å². The molecule has 3 rings (SSSR count). The van der Waals surface area contributed by atoms with Gasteiger partial charge in [0.25, 0.3) is 0 Å². The largest absolute Gasteiger partial charge is 0.461 e. The number of nitrogens with zero attached hydrogens (tertiary/aromatic N) is 1. The Balaban J connectivity index is 1.58. The molecular weight excluding hydrogens is 280 g/mol. The van der Waals surface area contributed by atoms with Crippen LogP contribution >= 0.6 is 0 Å². The molecule has 2 aliphatic rings. The fourth-order valence-electron chi connectivity index (χ4n) is 3.04. The molecule has 1 saturated carbocycles. The molecule has 2 heterocycles. The third kappa shape index (κ3) is 3.24. The summed E-state index contributed by atoms with van der Waals surface area (Å²) in [6.07, 6.45) is 5.98. The van der Waals surface area contributed by atoms with Gasteiger partial charge in [0.05, 0.1) is 5.92 Å². The molecule has 1 saturated heterocycles. The van der Waals surface area contributed by atoms with Crippen molar-refractivity contribution in [3.05, 3.63) is 29.7 Å². The van der Waals surface area contributed by atoms with Crippen molar-refractivity contribution in [2.24, 2.45) is 17.6 Å². The van der Waals surface area contributed by atoms with Crippen LogP contribution < -0.4 is 5.73 Å². The Hall–Kier alpha value is -2.04.